The van der Waals surface area contributed by atoms with Gasteiger partial charge in [-0.05, 0) is 7.05 Å². The molecule has 6 nitrogen and oxygen atoms in total. The highest BCUT2D eigenvalue weighted by Crippen LogP contribution is 2.34. The minimum Gasteiger partial charge on any atom is -0.344 e. The molecule has 0 atom stereocenters. The van der Waals surface area contributed by atoms with Gasteiger partial charge in [-0.3, -0.25) is 4.79 Å². The molecule has 0 aromatic carbocycles. The topological polar surface area (TPSA) is 98.7 Å². The van der Waals surface area contributed by atoms with Crippen molar-refractivity contribution in [3.05, 3.63) is 0 Å². The maximum Gasteiger partial charge on any atom is 0.413 e. The first-order chi connectivity index (χ1) is 4.98. The van der Waals surface area contributed by atoms with Gasteiger partial charge in [0.05, 0.1) is 0 Å². The molecule has 0 bridgehead atoms. The SMILES string of the molecule is CNCCNC(=O)P(=O)(O)O. The fraction of sp³-hybridized carbons (Fsp3) is 0.750. The molecule has 0 aromatic heterocycles. The van der Waals surface area contributed by atoms with Crippen molar-refractivity contribution in [1.82, 2.24) is 10.6 Å². The summed E-state index contributed by atoms with van der Waals surface area (Å²) in [4.78, 5) is 27.0. The Hall–Kier alpha value is -0.420. The number of hydrogen-bond acceptors (Lipinski definition) is 3. The van der Waals surface area contributed by atoms with Gasteiger partial charge in [-0.15, -0.1) is 0 Å². The molecule has 0 aliphatic rings. The van der Waals surface area contributed by atoms with Gasteiger partial charge in [-0.1, -0.05) is 0 Å². The van der Waals surface area contributed by atoms with E-state index in [-0.39, 0.29) is 6.54 Å². The molecule has 66 valence electrons. The van der Waals surface area contributed by atoms with E-state index in [1.807, 2.05) is 0 Å². The Morgan fingerprint density at radius 3 is 2.36 bits per heavy atom. The third-order valence-electron chi connectivity index (χ3n) is 0.916. The van der Waals surface area contributed by atoms with E-state index in [0.717, 1.165) is 0 Å². The Morgan fingerprint density at radius 2 is 2.00 bits per heavy atom. The fourth-order valence-electron chi connectivity index (χ4n) is 0.397. The van der Waals surface area contributed by atoms with Crippen molar-refractivity contribution >= 4 is 13.2 Å². The van der Waals surface area contributed by atoms with Crippen LogP contribution in [0.25, 0.3) is 0 Å². The van der Waals surface area contributed by atoms with Crippen molar-refractivity contribution in [3.8, 4) is 0 Å². The van der Waals surface area contributed by atoms with E-state index in [4.69, 9.17) is 9.79 Å². The van der Waals surface area contributed by atoms with Crippen molar-refractivity contribution in [3.63, 3.8) is 0 Å². The minimum atomic E-state index is -4.57. The summed E-state index contributed by atoms with van der Waals surface area (Å²) in [7, 11) is -2.90. The highest BCUT2D eigenvalue weighted by atomic mass is 31.2. The minimum absolute atomic E-state index is 0.209. The Bertz CT molecular complexity index is 177. The summed E-state index contributed by atoms with van der Waals surface area (Å²) in [6.07, 6.45) is 0. The molecule has 7 heteroatoms. The van der Waals surface area contributed by atoms with Crippen LogP contribution in [0.4, 0.5) is 4.79 Å². The van der Waals surface area contributed by atoms with Gasteiger partial charge in [0.25, 0.3) is 0 Å². The molecular formula is C4H11N2O4P. The third kappa shape index (κ3) is 4.92. The van der Waals surface area contributed by atoms with Gasteiger partial charge in [0, 0.05) is 13.1 Å². The smallest absolute Gasteiger partial charge is 0.344 e. The Labute approximate surface area is 64.1 Å². The van der Waals surface area contributed by atoms with E-state index in [1.165, 1.54) is 0 Å². The van der Waals surface area contributed by atoms with E-state index in [1.54, 1.807) is 7.05 Å². The quantitative estimate of drug-likeness (QED) is 0.333. The molecular weight excluding hydrogens is 171 g/mol. The fourth-order valence-corrected chi connectivity index (χ4v) is 0.715. The molecule has 0 aliphatic heterocycles. The summed E-state index contributed by atoms with van der Waals surface area (Å²) >= 11 is 0. The van der Waals surface area contributed by atoms with Crippen LogP contribution in [0, 0.1) is 0 Å². The predicted octanol–water partition coefficient (Wildman–Crippen LogP) is -0.907. The number of amides is 1. The summed E-state index contributed by atoms with van der Waals surface area (Å²) in [6, 6.07) is 0. The van der Waals surface area contributed by atoms with Crippen LogP contribution in [0.5, 0.6) is 0 Å². The number of carbonyl (C=O) groups excluding carboxylic acids is 1. The summed E-state index contributed by atoms with van der Waals surface area (Å²) in [6.45, 7) is 0.687. The van der Waals surface area contributed by atoms with E-state index in [0.29, 0.717) is 6.54 Å². The van der Waals surface area contributed by atoms with Gasteiger partial charge in [0.2, 0.25) is 0 Å². The molecule has 0 saturated heterocycles. The Kier molecular flexibility index (Phi) is 4.29. The van der Waals surface area contributed by atoms with Gasteiger partial charge in [0.15, 0.2) is 0 Å². The second kappa shape index (κ2) is 4.46. The van der Waals surface area contributed by atoms with Gasteiger partial charge in [0.1, 0.15) is 0 Å². The lowest BCUT2D eigenvalue weighted by atomic mass is 10.6. The third-order valence-corrected chi connectivity index (χ3v) is 1.60. The summed E-state index contributed by atoms with van der Waals surface area (Å²) in [5.41, 5.74) is -1.23. The lowest BCUT2D eigenvalue weighted by Crippen LogP contribution is -2.29. The largest absolute Gasteiger partial charge is 0.413 e. The van der Waals surface area contributed by atoms with Gasteiger partial charge < -0.3 is 20.4 Å². The van der Waals surface area contributed by atoms with Crippen LogP contribution in [-0.2, 0) is 4.57 Å². The molecule has 0 saturated carbocycles. The molecule has 0 radical (unpaired) electrons. The highest BCUT2D eigenvalue weighted by Gasteiger charge is 2.24. The molecule has 0 spiro atoms. The average molecular weight is 182 g/mol. The first-order valence-corrected chi connectivity index (χ1v) is 4.58. The summed E-state index contributed by atoms with van der Waals surface area (Å²) in [5.74, 6) is 0. The Morgan fingerprint density at radius 1 is 1.45 bits per heavy atom. The molecule has 4 N–H and O–H groups in total. The zero-order valence-corrected chi connectivity index (χ0v) is 6.97. The number of hydrogen-bond donors (Lipinski definition) is 4. The zero-order valence-electron chi connectivity index (χ0n) is 6.07. The molecule has 0 rings (SSSR count). The highest BCUT2D eigenvalue weighted by molar-refractivity contribution is 7.69. The molecule has 0 unspecified atom stereocenters. The second-order valence-electron chi connectivity index (χ2n) is 1.88. The monoisotopic (exact) mass is 182 g/mol. The Balaban J connectivity index is 3.63. The molecule has 0 fully saturated rings. The average Bonchev–Trinajstić information content (AvgIpc) is 1.86. The van der Waals surface area contributed by atoms with Crippen LogP contribution in [0.15, 0.2) is 0 Å². The van der Waals surface area contributed by atoms with Crippen molar-refractivity contribution < 1.29 is 19.1 Å². The van der Waals surface area contributed by atoms with Gasteiger partial charge in [-0.25, -0.2) is 4.57 Å². The lowest BCUT2D eigenvalue weighted by molar-refractivity contribution is 0.248. The van der Waals surface area contributed by atoms with E-state index in [9.17, 15) is 9.36 Å². The van der Waals surface area contributed by atoms with E-state index in [2.05, 4.69) is 10.6 Å². The molecule has 1 amide bonds. The summed E-state index contributed by atoms with van der Waals surface area (Å²) < 4.78 is 10.2. The van der Waals surface area contributed by atoms with Crippen molar-refractivity contribution in [1.29, 1.82) is 0 Å². The molecule has 0 aromatic rings. The van der Waals surface area contributed by atoms with Crippen LogP contribution in [0.2, 0.25) is 0 Å². The van der Waals surface area contributed by atoms with Crippen molar-refractivity contribution in [2.45, 2.75) is 0 Å². The molecule has 0 heterocycles. The zero-order chi connectivity index (χ0) is 8.91. The second-order valence-corrected chi connectivity index (χ2v) is 3.37. The van der Waals surface area contributed by atoms with Gasteiger partial charge >= 0.3 is 13.2 Å². The number of carbonyl (C=O) groups is 1. The van der Waals surface area contributed by atoms with Crippen LogP contribution in [0.3, 0.4) is 0 Å². The van der Waals surface area contributed by atoms with E-state index >= 15 is 0 Å². The maximum absolute atomic E-state index is 10.4. The van der Waals surface area contributed by atoms with Crippen LogP contribution in [0.1, 0.15) is 0 Å². The van der Waals surface area contributed by atoms with Crippen LogP contribution in [-0.4, -0.2) is 35.6 Å². The maximum atomic E-state index is 10.4. The van der Waals surface area contributed by atoms with Gasteiger partial charge in [-0.2, -0.15) is 0 Å². The number of rotatable bonds is 4. The normalized spacial score (nSPS) is 11.2. The molecule has 11 heavy (non-hydrogen) atoms. The summed E-state index contributed by atoms with van der Waals surface area (Å²) in [5, 5.41) is 4.77. The lowest BCUT2D eigenvalue weighted by Gasteiger charge is -2.04. The van der Waals surface area contributed by atoms with Crippen molar-refractivity contribution in [2.24, 2.45) is 0 Å². The standard InChI is InChI=1S/C4H11N2O4P/c1-5-2-3-6-4(7)11(8,9)10/h5H,2-3H2,1H3,(H,6,7)(H2,8,9,10). The predicted molar refractivity (Wildman–Crippen MR) is 39.4 cm³/mol. The number of likely N-dealkylation sites (N-methyl/N-ethyl adjacent to an activating group) is 1. The van der Waals surface area contributed by atoms with Crippen LogP contribution < -0.4 is 10.6 Å². The molecule has 0 aliphatic carbocycles. The number of nitrogens with one attached hydrogen (secondary N) is 2. The van der Waals surface area contributed by atoms with Crippen molar-refractivity contribution in [2.75, 3.05) is 20.1 Å². The van der Waals surface area contributed by atoms with E-state index < -0.39 is 13.2 Å². The first kappa shape index (κ1) is 10.6. The first-order valence-electron chi connectivity index (χ1n) is 2.97. The van der Waals surface area contributed by atoms with Crippen LogP contribution >= 0.6 is 7.60 Å².